The van der Waals surface area contributed by atoms with E-state index in [4.69, 9.17) is 0 Å². The molecule has 1 aliphatic rings. The van der Waals surface area contributed by atoms with Gasteiger partial charge in [-0.1, -0.05) is 0 Å². The van der Waals surface area contributed by atoms with Gasteiger partial charge in [-0.2, -0.15) is 15.0 Å². The third-order valence-corrected chi connectivity index (χ3v) is 2.97. The summed E-state index contributed by atoms with van der Waals surface area (Å²) in [5, 5.41) is 9.32. The lowest BCUT2D eigenvalue weighted by atomic mass is 10.2. The van der Waals surface area contributed by atoms with Crippen molar-refractivity contribution in [3.8, 4) is 0 Å². The van der Waals surface area contributed by atoms with E-state index in [1.165, 1.54) is 0 Å². The number of aliphatic hydroxyl groups excluding tert-OH is 1. The van der Waals surface area contributed by atoms with Crippen molar-refractivity contribution in [2.45, 2.75) is 25.8 Å². The van der Waals surface area contributed by atoms with Crippen molar-refractivity contribution in [2.75, 3.05) is 37.0 Å². The molecular weight excluding hydrogens is 218 g/mol. The summed E-state index contributed by atoms with van der Waals surface area (Å²) in [6, 6.07) is 0.145. The molecule has 1 aromatic heterocycles. The van der Waals surface area contributed by atoms with Crippen molar-refractivity contribution in [1.82, 2.24) is 15.0 Å². The molecule has 1 aromatic rings. The molecule has 0 aliphatic carbocycles. The van der Waals surface area contributed by atoms with Gasteiger partial charge in [0.1, 0.15) is 5.82 Å². The maximum absolute atomic E-state index is 9.32. The highest BCUT2D eigenvalue weighted by Gasteiger charge is 2.26. The van der Waals surface area contributed by atoms with E-state index in [9.17, 15) is 5.11 Å². The van der Waals surface area contributed by atoms with Crippen LogP contribution < -0.4 is 9.80 Å². The average molecular weight is 237 g/mol. The Morgan fingerprint density at radius 3 is 2.76 bits per heavy atom. The molecule has 0 amide bonds. The van der Waals surface area contributed by atoms with Gasteiger partial charge in [-0.3, -0.25) is 0 Å². The van der Waals surface area contributed by atoms with Crippen LogP contribution >= 0.6 is 0 Å². The zero-order chi connectivity index (χ0) is 12.4. The van der Waals surface area contributed by atoms with Gasteiger partial charge in [0, 0.05) is 20.6 Å². The summed E-state index contributed by atoms with van der Waals surface area (Å²) >= 11 is 0. The van der Waals surface area contributed by atoms with E-state index in [-0.39, 0.29) is 12.6 Å². The van der Waals surface area contributed by atoms with Crippen LogP contribution in [-0.2, 0) is 0 Å². The lowest BCUT2D eigenvalue weighted by molar-refractivity contribution is 0.265. The van der Waals surface area contributed by atoms with Gasteiger partial charge in [0.25, 0.3) is 0 Å². The van der Waals surface area contributed by atoms with Crippen LogP contribution in [0.25, 0.3) is 0 Å². The summed E-state index contributed by atoms with van der Waals surface area (Å²) in [7, 11) is 3.82. The zero-order valence-corrected chi connectivity index (χ0v) is 10.6. The van der Waals surface area contributed by atoms with Gasteiger partial charge >= 0.3 is 0 Å². The van der Waals surface area contributed by atoms with E-state index in [0.29, 0.717) is 17.7 Å². The normalized spacial score (nSPS) is 19.8. The first-order valence-corrected chi connectivity index (χ1v) is 5.89. The first-order valence-electron chi connectivity index (χ1n) is 5.89. The van der Waals surface area contributed by atoms with Crippen molar-refractivity contribution in [1.29, 1.82) is 0 Å². The monoisotopic (exact) mass is 237 g/mol. The van der Waals surface area contributed by atoms with Gasteiger partial charge in [0.15, 0.2) is 0 Å². The summed E-state index contributed by atoms with van der Waals surface area (Å²) in [5.41, 5.74) is 0. The van der Waals surface area contributed by atoms with E-state index in [1.807, 2.05) is 25.9 Å². The summed E-state index contributed by atoms with van der Waals surface area (Å²) in [5.74, 6) is 2.05. The summed E-state index contributed by atoms with van der Waals surface area (Å²) in [6.45, 7) is 2.92. The van der Waals surface area contributed by atoms with E-state index in [2.05, 4.69) is 19.9 Å². The third kappa shape index (κ3) is 2.46. The molecule has 0 aromatic carbocycles. The highest BCUT2D eigenvalue weighted by atomic mass is 16.3. The SMILES string of the molecule is Cc1nc(N(C)C)nc(N2CCCC2CO)n1. The van der Waals surface area contributed by atoms with Gasteiger partial charge in [-0.05, 0) is 19.8 Å². The Balaban J connectivity index is 2.31. The zero-order valence-electron chi connectivity index (χ0n) is 10.6. The van der Waals surface area contributed by atoms with Crippen molar-refractivity contribution in [2.24, 2.45) is 0 Å². The Hall–Kier alpha value is -1.43. The van der Waals surface area contributed by atoms with Gasteiger partial charge < -0.3 is 14.9 Å². The number of aliphatic hydroxyl groups is 1. The maximum atomic E-state index is 9.32. The van der Waals surface area contributed by atoms with Gasteiger partial charge in [0.05, 0.1) is 12.6 Å². The smallest absolute Gasteiger partial charge is 0.230 e. The van der Waals surface area contributed by atoms with Crippen LogP contribution in [0.15, 0.2) is 0 Å². The Morgan fingerprint density at radius 2 is 2.12 bits per heavy atom. The van der Waals surface area contributed by atoms with Crippen LogP contribution in [-0.4, -0.2) is 53.3 Å². The molecule has 2 heterocycles. The predicted octanol–water partition coefficient (Wildman–Crippen LogP) is 0.207. The minimum atomic E-state index is 0.145. The summed E-state index contributed by atoms with van der Waals surface area (Å²) in [6.07, 6.45) is 2.08. The Labute approximate surface area is 101 Å². The molecule has 1 N–H and O–H groups in total. The van der Waals surface area contributed by atoms with Crippen LogP contribution in [0.5, 0.6) is 0 Å². The fourth-order valence-corrected chi connectivity index (χ4v) is 2.07. The molecule has 0 spiro atoms. The number of anilines is 2. The fraction of sp³-hybridized carbons (Fsp3) is 0.727. The molecule has 1 unspecified atom stereocenters. The van der Waals surface area contributed by atoms with Crippen molar-refractivity contribution >= 4 is 11.9 Å². The fourth-order valence-electron chi connectivity index (χ4n) is 2.07. The number of hydrogen-bond donors (Lipinski definition) is 1. The van der Waals surface area contributed by atoms with Gasteiger partial charge in [0.2, 0.25) is 11.9 Å². The van der Waals surface area contributed by atoms with Crippen LogP contribution in [0.4, 0.5) is 11.9 Å². The number of rotatable bonds is 3. The lowest BCUT2D eigenvalue weighted by Gasteiger charge is -2.24. The number of nitrogens with zero attached hydrogens (tertiary/aromatic N) is 5. The van der Waals surface area contributed by atoms with Crippen molar-refractivity contribution in [3.63, 3.8) is 0 Å². The first kappa shape index (κ1) is 12.0. The molecule has 1 fully saturated rings. The Bertz CT molecular complexity index is 395. The molecule has 0 saturated carbocycles. The Kier molecular flexibility index (Phi) is 3.42. The van der Waals surface area contributed by atoms with Crippen molar-refractivity contribution in [3.05, 3.63) is 5.82 Å². The number of aromatic nitrogens is 3. The number of aryl methyl sites for hydroxylation is 1. The topological polar surface area (TPSA) is 65.4 Å². The quantitative estimate of drug-likeness (QED) is 0.810. The molecule has 1 aliphatic heterocycles. The molecule has 1 saturated heterocycles. The predicted molar refractivity (Wildman–Crippen MR) is 66.3 cm³/mol. The highest BCUT2D eigenvalue weighted by Crippen LogP contribution is 2.23. The molecule has 94 valence electrons. The van der Waals surface area contributed by atoms with E-state index in [0.717, 1.165) is 19.4 Å². The molecule has 6 heteroatoms. The molecule has 0 bridgehead atoms. The van der Waals surface area contributed by atoms with Crippen LogP contribution in [0.2, 0.25) is 0 Å². The first-order chi connectivity index (χ1) is 8.11. The van der Waals surface area contributed by atoms with Crippen LogP contribution in [0.3, 0.4) is 0 Å². The average Bonchev–Trinajstić information content (AvgIpc) is 2.76. The largest absolute Gasteiger partial charge is 0.394 e. The van der Waals surface area contributed by atoms with Crippen LogP contribution in [0, 0.1) is 6.92 Å². The second kappa shape index (κ2) is 4.83. The second-order valence-electron chi connectivity index (χ2n) is 4.55. The molecule has 17 heavy (non-hydrogen) atoms. The van der Waals surface area contributed by atoms with Crippen molar-refractivity contribution < 1.29 is 5.11 Å². The number of hydrogen-bond acceptors (Lipinski definition) is 6. The van der Waals surface area contributed by atoms with E-state index >= 15 is 0 Å². The summed E-state index contributed by atoms with van der Waals surface area (Å²) in [4.78, 5) is 17.0. The second-order valence-corrected chi connectivity index (χ2v) is 4.55. The van der Waals surface area contributed by atoms with Gasteiger partial charge in [-0.15, -0.1) is 0 Å². The molecule has 1 atom stereocenters. The highest BCUT2D eigenvalue weighted by molar-refractivity contribution is 5.40. The maximum Gasteiger partial charge on any atom is 0.230 e. The standard InChI is InChI=1S/C11H19N5O/c1-8-12-10(15(2)3)14-11(13-8)16-6-4-5-9(16)7-17/h9,17H,4-7H2,1-3H3. The molecular formula is C11H19N5O. The molecule has 6 nitrogen and oxygen atoms in total. The third-order valence-electron chi connectivity index (χ3n) is 2.97. The minimum absolute atomic E-state index is 0.145. The van der Waals surface area contributed by atoms with Gasteiger partial charge in [-0.25, -0.2) is 0 Å². The van der Waals surface area contributed by atoms with Crippen LogP contribution in [0.1, 0.15) is 18.7 Å². The van der Waals surface area contributed by atoms with E-state index < -0.39 is 0 Å². The summed E-state index contributed by atoms with van der Waals surface area (Å²) < 4.78 is 0. The Morgan fingerprint density at radius 1 is 1.35 bits per heavy atom. The van der Waals surface area contributed by atoms with E-state index in [1.54, 1.807) is 0 Å². The minimum Gasteiger partial charge on any atom is -0.394 e. The molecule has 2 rings (SSSR count). The lowest BCUT2D eigenvalue weighted by Crippen LogP contribution is -2.34. The molecule has 0 radical (unpaired) electrons.